The quantitative estimate of drug-likeness (QED) is 0.740. The first-order valence-corrected chi connectivity index (χ1v) is 9.29. The Hall–Kier alpha value is -3.18. The Balaban J connectivity index is 1.57. The Bertz CT molecular complexity index is 1040. The number of amides is 2. The number of rotatable bonds is 3. The zero-order valence-corrected chi connectivity index (χ0v) is 16.0. The minimum absolute atomic E-state index is 0.164. The average Bonchev–Trinajstić information content (AvgIpc) is 2.80. The van der Waals surface area contributed by atoms with Gasteiger partial charge in [-0.25, -0.2) is 0 Å². The lowest BCUT2D eigenvalue weighted by Gasteiger charge is -2.21. The monoisotopic (exact) mass is 391 g/mol. The summed E-state index contributed by atoms with van der Waals surface area (Å²) in [6, 6.07) is 17.9. The molecule has 0 saturated heterocycles. The lowest BCUT2D eigenvalue weighted by atomic mass is 10.0. The van der Waals surface area contributed by atoms with Crippen molar-refractivity contribution in [1.29, 1.82) is 0 Å². The molecule has 1 aliphatic heterocycles. The summed E-state index contributed by atoms with van der Waals surface area (Å²) in [7, 11) is 1.67. The third kappa shape index (κ3) is 3.49. The molecule has 0 fully saturated rings. The maximum absolute atomic E-state index is 12.9. The predicted octanol–water partition coefficient (Wildman–Crippen LogP) is 3.72. The summed E-state index contributed by atoms with van der Waals surface area (Å²) in [6.07, 6.45) is 2.15. The van der Waals surface area contributed by atoms with E-state index in [4.69, 9.17) is 11.6 Å². The van der Waals surface area contributed by atoms with Gasteiger partial charge in [0.25, 0.3) is 5.91 Å². The number of pyridine rings is 1. The van der Waals surface area contributed by atoms with Crippen molar-refractivity contribution in [2.24, 2.45) is 0 Å². The first-order chi connectivity index (χ1) is 13.5. The van der Waals surface area contributed by atoms with Crippen molar-refractivity contribution < 1.29 is 9.59 Å². The molecule has 1 aromatic heterocycles. The van der Waals surface area contributed by atoms with Crippen LogP contribution >= 0.6 is 11.6 Å². The summed E-state index contributed by atoms with van der Waals surface area (Å²) in [5.74, 6) is -0.464. The van der Waals surface area contributed by atoms with Crippen LogP contribution in [0.2, 0.25) is 5.02 Å². The topological polar surface area (TPSA) is 62.3 Å². The molecule has 1 N–H and O–H groups in total. The van der Waals surface area contributed by atoms with E-state index >= 15 is 0 Å². The molecule has 1 atom stereocenters. The van der Waals surface area contributed by atoms with Crippen molar-refractivity contribution in [2.45, 2.75) is 12.5 Å². The summed E-state index contributed by atoms with van der Waals surface area (Å²) in [5, 5.41) is 3.29. The minimum atomic E-state index is -0.649. The van der Waals surface area contributed by atoms with Crippen LogP contribution in [0.25, 0.3) is 11.3 Å². The third-order valence-corrected chi connectivity index (χ3v) is 5.09. The highest BCUT2D eigenvalue weighted by atomic mass is 35.5. The van der Waals surface area contributed by atoms with Crippen LogP contribution in [0.15, 0.2) is 66.9 Å². The molecule has 0 spiro atoms. The van der Waals surface area contributed by atoms with Gasteiger partial charge in [0.1, 0.15) is 6.04 Å². The number of benzene rings is 2. The predicted molar refractivity (Wildman–Crippen MR) is 109 cm³/mol. The molecule has 0 saturated carbocycles. The standard InChI is InChI=1S/C22H18ClN3O2/c1-26-20-10-9-16(23)13-17(20)21(27)25-19(22(26)28)12-14-5-7-15(8-6-14)18-4-2-3-11-24-18/h2-11,13,19H,12H2,1H3,(H,25,27). The van der Waals surface area contributed by atoms with E-state index < -0.39 is 6.04 Å². The van der Waals surface area contributed by atoms with Crippen molar-refractivity contribution in [3.05, 3.63) is 83.0 Å². The lowest BCUT2D eigenvalue weighted by Crippen LogP contribution is -2.45. The van der Waals surface area contributed by atoms with E-state index in [0.29, 0.717) is 22.7 Å². The van der Waals surface area contributed by atoms with E-state index in [1.165, 1.54) is 4.90 Å². The second-order valence-electron chi connectivity index (χ2n) is 6.70. The Morgan fingerprint density at radius 2 is 1.86 bits per heavy atom. The first kappa shape index (κ1) is 18.2. The van der Waals surface area contributed by atoms with E-state index in [1.807, 2.05) is 42.5 Å². The number of likely N-dealkylation sites (N-methyl/N-ethyl adjacent to an activating group) is 1. The average molecular weight is 392 g/mol. The van der Waals surface area contributed by atoms with Crippen LogP contribution in [-0.4, -0.2) is 29.9 Å². The highest BCUT2D eigenvalue weighted by molar-refractivity contribution is 6.31. The van der Waals surface area contributed by atoms with E-state index in [1.54, 1.807) is 31.4 Å². The molecular weight excluding hydrogens is 374 g/mol. The largest absolute Gasteiger partial charge is 0.340 e. The molecule has 1 aliphatic rings. The van der Waals surface area contributed by atoms with Gasteiger partial charge in [-0.15, -0.1) is 0 Å². The highest BCUT2D eigenvalue weighted by Gasteiger charge is 2.31. The molecule has 0 aliphatic carbocycles. The fourth-order valence-electron chi connectivity index (χ4n) is 3.35. The summed E-state index contributed by atoms with van der Waals surface area (Å²) in [4.78, 5) is 31.4. The zero-order chi connectivity index (χ0) is 19.7. The van der Waals surface area contributed by atoms with Crippen molar-refractivity contribution >= 4 is 29.1 Å². The molecule has 1 unspecified atom stereocenters. The number of hydrogen-bond acceptors (Lipinski definition) is 3. The van der Waals surface area contributed by atoms with Crippen LogP contribution < -0.4 is 10.2 Å². The number of carbonyl (C=O) groups is 2. The molecule has 28 heavy (non-hydrogen) atoms. The summed E-state index contributed by atoms with van der Waals surface area (Å²) in [5.41, 5.74) is 3.80. The lowest BCUT2D eigenvalue weighted by molar-refractivity contribution is -0.120. The smallest absolute Gasteiger partial charge is 0.254 e. The Morgan fingerprint density at radius 3 is 2.57 bits per heavy atom. The molecule has 6 heteroatoms. The molecule has 140 valence electrons. The van der Waals surface area contributed by atoms with Gasteiger partial charge >= 0.3 is 0 Å². The fourth-order valence-corrected chi connectivity index (χ4v) is 3.52. The van der Waals surface area contributed by atoms with Crippen molar-refractivity contribution in [3.8, 4) is 11.3 Å². The minimum Gasteiger partial charge on any atom is -0.340 e. The van der Waals surface area contributed by atoms with Crippen LogP contribution in [0.4, 0.5) is 5.69 Å². The molecule has 0 bridgehead atoms. The van der Waals surface area contributed by atoms with E-state index in [9.17, 15) is 9.59 Å². The number of anilines is 1. The Morgan fingerprint density at radius 1 is 1.07 bits per heavy atom. The van der Waals surface area contributed by atoms with Gasteiger partial charge in [0.15, 0.2) is 0 Å². The molecule has 5 nitrogen and oxygen atoms in total. The van der Waals surface area contributed by atoms with Gasteiger partial charge in [0, 0.05) is 30.3 Å². The second-order valence-corrected chi connectivity index (χ2v) is 7.14. The number of fused-ring (bicyclic) bond motifs is 1. The number of nitrogens with zero attached hydrogens (tertiary/aromatic N) is 2. The normalized spacial score (nSPS) is 16.4. The summed E-state index contributed by atoms with van der Waals surface area (Å²) < 4.78 is 0. The van der Waals surface area contributed by atoms with Gasteiger partial charge in [0.2, 0.25) is 5.91 Å². The molecule has 2 heterocycles. The van der Waals surface area contributed by atoms with Crippen molar-refractivity contribution in [1.82, 2.24) is 10.3 Å². The van der Waals surface area contributed by atoms with Gasteiger partial charge < -0.3 is 10.2 Å². The SMILES string of the molecule is CN1C(=O)C(Cc2ccc(-c3ccccn3)cc2)NC(=O)c2cc(Cl)ccc21. The van der Waals surface area contributed by atoms with Crippen LogP contribution in [-0.2, 0) is 11.2 Å². The molecule has 0 radical (unpaired) electrons. The van der Waals surface area contributed by atoms with Gasteiger partial charge in [-0.3, -0.25) is 14.6 Å². The van der Waals surface area contributed by atoms with Crippen molar-refractivity contribution in [3.63, 3.8) is 0 Å². The van der Waals surface area contributed by atoms with Gasteiger partial charge in [-0.2, -0.15) is 0 Å². The summed E-state index contributed by atoms with van der Waals surface area (Å²) in [6.45, 7) is 0. The molecule has 3 aromatic rings. The Kier molecular flexibility index (Phi) is 4.84. The number of nitrogens with one attached hydrogen (secondary N) is 1. The van der Waals surface area contributed by atoms with Crippen LogP contribution in [0.3, 0.4) is 0 Å². The molecule has 2 aromatic carbocycles. The number of carbonyl (C=O) groups excluding carboxylic acids is 2. The van der Waals surface area contributed by atoms with Gasteiger partial charge in [-0.1, -0.05) is 41.9 Å². The maximum Gasteiger partial charge on any atom is 0.254 e. The second kappa shape index (κ2) is 7.44. The number of aromatic nitrogens is 1. The van der Waals surface area contributed by atoms with Gasteiger partial charge in [-0.05, 0) is 35.9 Å². The third-order valence-electron chi connectivity index (χ3n) is 4.85. The fraction of sp³-hybridized carbons (Fsp3) is 0.136. The first-order valence-electron chi connectivity index (χ1n) is 8.91. The highest BCUT2D eigenvalue weighted by Crippen LogP contribution is 2.27. The Labute approximate surface area is 168 Å². The van der Waals surface area contributed by atoms with Gasteiger partial charge in [0.05, 0.1) is 16.9 Å². The molecular formula is C22H18ClN3O2. The number of halogens is 1. The maximum atomic E-state index is 12.9. The van der Waals surface area contributed by atoms with E-state index in [0.717, 1.165) is 16.8 Å². The molecule has 4 rings (SSSR count). The zero-order valence-electron chi connectivity index (χ0n) is 15.2. The molecule has 2 amide bonds. The van der Waals surface area contributed by atoms with Crippen LogP contribution in [0.1, 0.15) is 15.9 Å². The van der Waals surface area contributed by atoms with Crippen LogP contribution in [0, 0.1) is 0 Å². The van der Waals surface area contributed by atoms with Crippen LogP contribution in [0.5, 0.6) is 0 Å². The van der Waals surface area contributed by atoms with E-state index in [-0.39, 0.29) is 11.8 Å². The summed E-state index contributed by atoms with van der Waals surface area (Å²) >= 11 is 6.02. The number of hydrogen-bond donors (Lipinski definition) is 1. The van der Waals surface area contributed by atoms with E-state index in [2.05, 4.69) is 10.3 Å². The van der Waals surface area contributed by atoms with Crippen molar-refractivity contribution in [2.75, 3.05) is 11.9 Å².